The lowest BCUT2D eigenvalue weighted by atomic mass is 10.2. The molecule has 0 aliphatic carbocycles. The first-order chi connectivity index (χ1) is 9.27. The molecule has 0 saturated carbocycles. The van der Waals surface area contributed by atoms with Gasteiger partial charge in [-0.3, -0.25) is 0 Å². The molecule has 2 aromatic heterocycles. The van der Waals surface area contributed by atoms with Crippen LogP contribution in [0.1, 0.15) is 0 Å². The molecule has 0 spiro atoms. The van der Waals surface area contributed by atoms with E-state index in [-0.39, 0.29) is 0 Å². The third kappa shape index (κ3) is 1.23. The third-order valence-corrected chi connectivity index (χ3v) is 3.58. The van der Waals surface area contributed by atoms with E-state index in [0.29, 0.717) is 11.2 Å². The quantitative estimate of drug-likeness (QED) is 0.355. The summed E-state index contributed by atoms with van der Waals surface area (Å²) >= 11 is 0. The van der Waals surface area contributed by atoms with E-state index in [1.165, 1.54) is 0 Å². The normalized spacial score (nSPS) is 11.6. The minimum absolute atomic E-state index is 0.597. The zero-order chi connectivity index (χ0) is 13.0. The highest BCUT2D eigenvalue weighted by molar-refractivity contribution is 6.04. The highest BCUT2D eigenvalue weighted by Crippen LogP contribution is 2.25. The second-order valence-electron chi connectivity index (χ2n) is 4.64. The highest BCUT2D eigenvalue weighted by atomic mass is 16.5. The number of nitrogens with zero attached hydrogens (tertiary/aromatic N) is 3. The Labute approximate surface area is 109 Å². The molecule has 4 rings (SSSR count). The molecule has 0 saturated heterocycles. The zero-order valence-electron chi connectivity index (χ0n) is 10.4. The van der Waals surface area contributed by atoms with Crippen molar-refractivity contribution in [3.8, 4) is 0 Å². The van der Waals surface area contributed by atoms with E-state index in [9.17, 15) is 5.21 Å². The molecule has 0 radical (unpaired) electrons. The van der Waals surface area contributed by atoms with Crippen LogP contribution in [0.15, 0.2) is 48.5 Å². The Balaban J connectivity index is 2.38. The first-order valence-corrected chi connectivity index (χ1v) is 6.13. The Bertz CT molecular complexity index is 934. The Hall–Kier alpha value is -2.62. The van der Waals surface area contributed by atoms with Crippen molar-refractivity contribution in [3.05, 3.63) is 53.7 Å². The van der Waals surface area contributed by atoms with Gasteiger partial charge in [0.25, 0.3) is 0 Å². The molecule has 4 aromatic rings. The fourth-order valence-corrected chi connectivity index (χ4v) is 2.67. The van der Waals surface area contributed by atoms with E-state index < -0.39 is 0 Å². The predicted molar refractivity (Wildman–Crippen MR) is 74.7 cm³/mol. The summed E-state index contributed by atoms with van der Waals surface area (Å²) in [5.41, 5.74) is 3.69. The van der Waals surface area contributed by atoms with Crippen molar-refractivity contribution in [2.24, 2.45) is 7.05 Å². The number of fused-ring (bicyclic) bond motifs is 4. The van der Waals surface area contributed by atoms with Crippen molar-refractivity contribution in [1.82, 2.24) is 9.55 Å². The number of benzene rings is 2. The van der Waals surface area contributed by atoms with Gasteiger partial charge in [0.05, 0.1) is 12.4 Å². The van der Waals surface area contributed by atoms with Crippen molar-refractivity contribution in [3.63, 3.8) is 0 Å². The summed E-state index contributed by atoms with van der Waals surface area (Å²) in [6.07, 6.45) is 0. The SMILES string of the molecule is Cn1c2ccccc2c2nc3ccccc3[n+]([O-])c21. The summed E-state index contributed by atoms with van der Waals surface area (Å²) in [6.45, 7) is 0. The standard InChI is InChI=1S/C15H11N3O/c1-17-12-8-4-2-6-10(12)14-15(17)18(19)13-9-5-3-7-11(13)16-14/h2-9H,1H3. The van der Waals surface area contributed by atoms with Gasteiger partial charge in [0.15, 0.2) is 11.0 Å². The minimum atomic E-state index is 0.597. The molecular formula is C15H11N3O. The summed E-state index contributed by atoms with van der Waals surface area (Å²) in [6, 6.07) is 15.3. The maximum absolute atomic E-state index is 12.5. The predicted octanol–water partition coefficient (Wildman–Crippen LogP) is 2.51. The second kappa shape index (κ2) is 3.45. The Morgan fingerprint density at radius 3 is 2.68 bits per heavy atom. The number of hydrogen-bond donors (Lipinski definition) is 0. The number of hydrogen-bond acceptors (Lipinski definition) is 2. The molecule has 0 aliphatic heterocycles. The first kappa shape index (κ1) is 10.3. The van der Waals surface area contributed by atoms with Gasteiger partial charge in [0.2, 0.25) is 0 Å². The van der Waals surface area contributed by atoms with Gasteiger partial charge in [-0.05, 0) is 24.3 Å². The van der Waals surface area contributed by atoms with Gasteiger partial charge in [0.1, 0.15) is 11.0 Å². The van der Waals surface area contributed by atoms with Gasteiger partial charge in [0, 0.05) is 0 Å². The molecule has 0 bridgehead atoms. The summed E-state index contributed by atoms with van der Waals surface area (Å²) in [4.78, 5) is 4.65. The van der Waals surface area contributed by atoms with Crippen LogP contribution in [0.2, 0.25) is 0 Å². The average molecular weight is 249 g/mol. The van der Waals surface area contributed by atoms with E-state index in [1.54, 1.807) is 6.07 Å². The monoisotopic (exact) mass is 249 g/mol. The molecular weight excluding hydrogens is 238 g/mol. The average Bonchev–Trinajstić information content (AvgIpc) is 2.74. The van der Waals surface area contributed by atoms with Crippen LogP contribution in [0.4, 0.5) is 0 Å². The molecule has 0 unspecified atom stereocenters. The fourth-order valence-electron chi connectivity index (χ4n) is 2.67. The molecule has 2 aromatic carbocycles. The molecule has 0 amide bonds. The van der Waals surface area contributed by atoms with E-state index >= 15 is 0 Å². The molecule has 19 heavy (non-hydrogen) atoms. The van der Waals surface area contributed by atoms with Gasteiger partial charge < -0.3 is 5.21 Å². The molecule has 0 aliphatic rings. The van der Waals surface area contributed by atoms with E-state index in [2.05, 4.69) is 4.98 Å². The lowest BCUT2D eigenvalue weighted by Gasteiger charge is -2.07. The van der Waals surface area contributed by atoms with Crippen molar-refractivity contribution in [2.45, 2.75) is 0 Å². The first-order valence-electron chi connectivity index (χ1n) is 6.13. The molecule has 0 atom stereocenters. The van der Waals surface area contributed by atoms with Crippen LogP contribution < -0.4 is 4.73 Å². The van der Waals surface area contributed by atoms with Gasteiger partial charge in [-0.15, -0.1) is 0 Å². The summed E-state index contributed by atoms with van der Waals surface area (Å²) < 4.78 is 2.87. The van der Waals surface area contributed by atoms with Crippen LogP contribution in [0, 0.1) is 5.21 Å². The molecule has 4 nitrogen and oxygen atoms in total. The van der Waals surface area contributed by atoms with Crippen LogP contribution in [0.3, 0.4) is 0 Å². The largest absolute Gasteiger partial charge is 0.710 e. The Kier molecular flexibility index (Phi) is 1.87. The lowest BCUT2D eigenvalue weighted by molar-refractivity contribution is -0.551. The molecule has 0 fully saturated rings. The van der Waals surface area contributed by atoms with E-state index in [1.807, 2.05) is 54.1 Å². The highest BCUT2D eigenvalue weighted by Gasteiger charge is 2.19. The van der Waals surface area contributed by atoms with Crippen LogP contribution in [-0.2, 0) is 7.05 Å². The van der Waals surface area contributed by atoms with Crippen molar-refractivity contribution < 1.29 is 4.73 Å². The zero-order valence-corrected chi connectivity index (χ0v) is 10.4. The topological polar surface area (TPSA) is 44.8 Å². The second-order valence-corrected chi connectivity index (χ2v) is 4.64. The summed E-state index contributed by atoms with van der Waals surface area (Å²) in [7, 11) is 1.90. The lowest BCUT2D eigenvalue weighted by Crippen LogP contribution is -2.30. The number of para-hydroxylation sites is 3. The van der Waals surface area contributed by atoms with Gasteiger partial charge in [-0.2, -0.15) is 0 Å². The Morgan fingerprint density at radius 1 is 1.05 bits per heavy atom. The summed E-state index contributed by atoms with van der Waals surface area (Å²) in [5, 5.41) is 13.5. The number of aryl methyl sites for hydroxylation is 1. The van der Waals surface area contributed by atoms with Crippen molar-refractivity contribution >= 4 is 33.1 Å². The minimum Gasteiger partial charge on any atom is -0.710 e. The van der Waals surface area contributed by atoms with Crippen LogP contribution in [0.5, 0.6) is 0 Å². The molecule has 4 heteroatoms. The van der Waals surface area contributed by atoms with E-state index in [0.717, 1.165) is 26.7 Å². The molecule has 2 heterocycles. The van der Waals surface area contributed by atoms with E-state index in [4.69, 9.17) is 0 Å². The van der Waals surface area contributed by atoms with Gasteiger partial charge in [-0.25, -0.2) is 14.3 Å². The third-order valence-electron chi connectivity index (χ3n) is 3.58. The van der Waals surface area contributed by atoms with Gasteiger partial charge in [-0.1, -0.05) is 24.3 Å². The van der Waals surface area contributed by atoms with Crippen LogP contribution in [0.25, 0.3) is 33.1 Å². The molecule has 92 valence electrons. The summed E-state index contributed by atoms with van der Waals surface area (Å²) in [5.74, 6) is 0. The number of rotatable bonds is 0. The van der Waals surface area contributed by atoms with Crippen LogP contribution >= 0.6 is 0 Å². The van der Waals surface area contributed by atoms with Gasteiger partial charge >= 0.3 is 5.65 Å². The Morgan fingerprint density at radius 2 is 1.79 bits per heavy atom. The molecule has 0 N–H and O–H groups in total. The smallest absolute Gasteiger partial charge is 0.312 e. The van der Waals surface area contributed by atoms with Crippen LogP contribution in [-0.4, -0.2) is 9.55 Å². The van der Waals surface area contributed by atoms with Crippen molar-refractivity contribution in [1.29, 1.82) is 0 Å². The fraction of sp³-hybridized carbons (Fsp3) is 0.0667. The van der Waals surface area contributed by atoms with Crippen molar-refractivity contribution in [2.75, 3.05) is 0 Å². The maximum Gasteiger partial charge on any atom is 0.312 e. The maximum atomic E-state index is 12.5. The number of aromatic nitrogens is 3.